The number of ether oxygens (including phenoxy) is 1. The first kappa shape index (κ1) is 13.9. The summed E-state index contributed by atoms with van der Waals surface area (Å²) in [5, 5.41) is 16.8. The molecule has 20 heavy (non-hydrogen) atoms. The molecule has 0 bridgehead atoms. The smallest absolute Gasteiger partial charge is 0.123 e. The summed E-state index contributed by atoms with van der Waals surface area (Å²) < 4.78 is 5.62. The topological polar surface area (TPSA) is 79.3 Å². The van der Waals surface area contributed by atoms with Crippen molar-refractivity contribution >= 4 is 5.84 Å². The zero-order valence-electron chi connectivity index (χ0n) is 11.4. The molecule has 4 nitrogen and oxygen atoms in total. The van der Waals surface area contributed by atoms with Crippen LogP contribution in [0.5, 0.6) is 11.5 Å². The Labute approximate surface area is 118 Å². The molecule has 4 heteroatoms. The summed E-state index contributed by atoms with van der Waals surface area (Å²) in [4.78, 5) is 0. The number of amidine groups is 1. The van der Waals surface area contributed by atoms with Crippen LogP contribution < -0.4 is 10.5 Å². The molecule has 0 amide bonds. The first-order valence-electron chi connectivity index (χ1n) is 6.41. The lowest BCUT2D eigenvalue weighted by atomic mass is 10.1. The lowest BCUT2D eigenvalue weighted by molar-refractivity contribution is 0.319. The van der Waals surface area contributed by atoms with Crippen molar-refractivity contribution in [3.8, 4) is 11.5 Å². The third kappa shape index (κ3) is 3.75. The molecule has 0 aliphatic rings. The highest BCUT2D eigenvalue weighted by Crippen LogP contribution is 2.21. The number of nitrogens with one attached hydrogen (secondary N) is 1. The number of phenols is 1. The maximum absolute atomic E-state index is 9.48. The Morgan fingerprint density at radius 2 is 1.90 bits per heavy atom. The molecule has 0 spiro atoms. The second kappa shape index (κ2) is 6.10. The van der Waals surface area contributed by atoms with Gasteiger partial charge in [0.05, 0.1) is 6.61 Å². The van der Waals surface area contributed by atoms with Crippen LogP contribution in [0.4, 0.5) is 0 Å². The molecule has 2 aromatic rings. The molecule has 0 fully saturated rings. The Hall–Kier alpha value is -2.49. The van der Waals surface area contributed by atoms with Crippen molar-refractivity contribution in [1.29, 1.82) is 5.41 Å². The molecule has 0 aromatic heterocycles. The van der Waals surface area contributed by atoms with Gasteiger partial charge in [0, 0.05) is 18.1 Å². The maximum Gasteiger partial charge on any atom is 0.123 e. The van der Waals surface area contributed by atoms with Crippen LogP contribution in [0.2, 0.25) is 0 Å². The van der Waals surface area contributed by atoms with Gasteiger partial charge in [0.25, 0.3) is 0 Å². The summed E-state index contributed by atoms with van der Waals surface area (Å²) in [6.07, 6.45) is 0.757. The van der Waals surface area contributed by atoms with Crippen LogP contribution in [0.1, 0.15) is 16.7 Å². The largest absolute Gasteiger partial charge is 0.508 e. The van der Waals surface area contributed by atoms with Gasteiger partial charge in [0.2, 0.25) is 0 Å². The third-order valence-corrected chi connectivity index (χ3v) is 2.96. The van der Waals surface area contributed by atoms with Crippen molar-refractivity contribution in [2.75, 3.05) is 6.61 Å². The van der Waals surface area contributed by atoms with E-state index in [-0.39, 0.29) is 11.6 Å². The molecule has 0 aliphatic heterocycles. The molecule has 0 heterocycles. The summed E-state index contributed by atoms with van der Waals surface area (Å²) in [6, 6.07) is 12.7. The predicted molar refractivity (Wildman–Crippen MR) is 79.5 cm³/mol. The molecular weight excluding hydrogens is 252 g/mol. The number of benzene rings is 2. The minimum atomic E-state index is 0.0723. The van der Waals surface area contributed by atoms with Crippen LogP contribution in [-0.4, -0.2) is 17.5 Å². The van der Waals surface area contributed by atoms with Crippen LogP contribution >= 0.6 is 0 Å². The first-order valence-corrected chi connectivity index (χ1v) is 6.41. The van der Waals surface area contributed by atoms with Gasteiger partial charge in [0.1, 0.15) is 17.3 Å². The Kier molecular flexibility index (Phi) is 4.25. The normalized spacial score (nSPS) is 10.2. The highest BCUT2D eigenvalue weighted by molar-refractivity contribution is 5.94. The van der Waals surface area contributed by atoms with Gasteiger partial charge in [0.15, 0.2) is 0 Å². The molecule has 0 unspecified atom stereocenters. The van der Waals surface area contributed by atoms with Crippen molar-refractivity contribution in [1.82, 2.24) is 0 Å². The van der Waals surface area contributed by atoms with Crippen molar-refractivity contribution in [2.24, 2.45) is 5.73 Å². The van der Waals surface area contributed by atoms with Crippen LogP contribution in [-0.2, 0) is 6.42 Å². The molecule has 4 N–H and O–H groups in total. The number of phenolic OH excluding ortho intramolecular Hbond substituents is 1. The van der Waals surface area contributed by atoms with E-state index in [1.165, 1.54) is 0 Å². The number of aromatic hydroxyl groups is 1. The van der Waals surface area contributed by atoms with E-state index in [0.29, 0.717) is 12.4 Å². The van der Waals surface area contributed by atoms with Gasteiger partial charge in [-0.15, -0.1) is 0 Å². The molecule has 2 rings (SSSR count). The van der Waals surface area contributed by atoms with Gasteiger partial charge in [-0.1, -0.05) is 24.3 Å². The number of rotatable bonds is 5. The highest BCUT2D eigenvalue weighted by atomic mass is 16.5. The SMILES string of the molecule is Cc1cc(O)cc(OCCc2ccc(C(=N)N)cc2)c1. The van der Waals surface area contributed by atoms with Gasteiger partial charge >= 0.3 is 0 Å². The number of aryl methyl sites for hydroxylation is 1. The quantitative estimate of drug-likeness (QED) is 0.577. The summed E-state index contributed by atoms with van der Waals surface area (Å²) in [6.45, 7) is 2.44. The van der Waals surface area contributed by atoms with Gasteiger partial charge in [-0.3, -0.25) is 5.41 Å². The lowest BCUT2D eigenvalue weighted by Gasteiger charge is -2.08. The summed E-state index contributed by atoms with van der Waals surface area (Å²) >= 11 is 0. The van der Waals surface area contributed by atoms with Crippen molar-refractivity contribution in [2.45, 2.75) is 13.3 Å². The van der Waals surface area contributed by atoms with Crippen LogP contribution in [0.15, 0.2) is 42.5 Å². The van der Waals surface area contributed by atoms with Gasteiger partial charge < -0.3 is 15.6 Å². The highest BCUT2D eigenvalue weighted by Gasteiger charge is 2.00. The molecule has 0 saturated heterocycles. The second-order valence-corrected chi connectivity index (χ2v) is 4.71. The fourth-order valence-corrected chi connectivity index (χ4v) is 1.95. The Morgan fingerprint density at radius 3 is 2.50 bits per heavy atom. The average Bonchev–Trinajstić information content (AvgIpc) is 2.38. The Balaban J connectivity index is 1.90. The lowest BCUT2D eigenvalue weighted by Crippen LogP contribution is -2.10. The molecule has 2 aromatic carbocycles. The zero-order valence-corrected chi connectivity index (χ0v) is 11.4. The van der Waals surface area contributed by atoms with Gasteiger partial charge in [-0.05, 0) is 30.2 Å². The van der Waals surface area contributed by atoms with Gasteiger partial charge in [-0.2, -0.15) is 0 Å². The summed E-state index contributed by atoms with van der Waals surface area (Å²) in [5.74, 6) is 0.955. The standard InChI is InChI=1S/C16H18N2O2/c1-11-8-14(19)10-15(9-11)20-7-6-12-2-4-13(5-3-12)16(17)18/h2-5,8-10,19H,6-7H2,1H3,(H3,17,18). The predicted octanol–water partition coefficient (Wildman–Crippen LogP) is 2.61. The third-order valence-electron chi connectivity index (χ3n) is 2.96. The van der Waals surface area contributed by atoms with Crippen LogP contribution in [0.3, 0.4) is 0 Å². The monoisotopic (exact) mass is 270 g/mol. The average molecular weight is 270 g/mol. The minimum absolute atomic E-state index is 0.0723. The minimum Gasteiger partial charge on any atom is -0.508 e. The number of hydrogen-bond donors (Lipinski definition) is 3. The molecule has 104 valence electrons. The van der Waals surface area contributed by atoms with Crippen LogP contribution in [0, 0.1) is 12.3 Å². The number of nitrogen functional groups attached to an aromatic ring is 1. The van der Waals surface area contributed by atoms with E-state index in [1.807, 2.05) is 37.3 Å². The first-order chi connectivity index (χ1) is 9.54. The Morgan fingerprint density at radius 1 is 1.20 bits per heavy atom. The van der Waals surface area contributed by atoms with E-state index in [2.05, 4.69) is 0 Å². The number of hydrogen-bond acceptors (Lipinski definition) is 3. The van der Waals surface area contributed by atoms with Crippen molar-refractivity contribution in [3.63, 3.8) is 0 Å². The number of nitrogens with two attached hydrogens (primary N) is 1. The zero-order chi connectivity index (χ0) is 14.5. The second-order valence-electron chi connectivity index (χ2n) is 4.71. The molecular formula is C16H18N2O2. The van der Waals surface area contributed by atoms with Crippen LogP contribution in [0.25, 0.3) is 0 Å². The summed E-state index contributed by atoms with van der Waals surface area (Å²) in [7, 11) is 0. The fourth-order valence-electron chi connectivity index (χ4n) is 1.95. The van der Waals surface area contributed by atoms with Crippen molar-refractivity contribution in [3.05, 3.63) is 59.2 Å². The van der Waals surface area contributed by atoms with E-state index < -0.39 is 0 Å². The fraction of sp³-hybridized carbons (Fsp3) is 0.188. The van der Waals surface area contributed by atoms with Crippen molar-refractivity contribution < 1.29 is 9.84 Å². The van der Waals surface area contributed by atoms with E-state index in [9.17, 15) is 5.11 Å². The van der Waals surface area contributed by atoms with E-state index >= 15 is 0 Å². The molecule has 0 radical (unpaired) electrons. The molecule has 0 aliphatic carbocycles. The van der Waals surface area contributed by atoms with E-state index in [0.717, 1.165) is 23.1 Å². The van der Waals surface area contributed by atoms with E-state index in [4.69, 9.17) is 15.9 Å². The Bertz CT molecular complexity index is 586. The summed E-state index contributed by atoms with van der Waals surface area (Å²) in [5.41, 5.74) is 8.21. The molecule has 0 atom stereocenters. The van der Waals surface area contributed by atoms with Gasteiger partial charge in [-0.25, -0.2) is 0 Å². The van der Waals surface area contributed by atoms with E-state index in [1.54, 1.807) is 12.1 Å². The molecule has 0 saturated carbocycles. The maximum atomic E-state index is 9.48.